The number of unbranched alkanes of at least 4 members (excludes halogenated alkanes) is 9. The van der Waals surface area contributed by atoms with E-state index < -0.39 is 0 Å². The van der Waals surface area contributed by atoms with E-state index in [1.54, 1.807) is 0 Å². The molecule has 0 spiro atoms. The van der Waals surface area contributed by atoms with Gasteiger partial charge in [0.1, 0.15) is 0 Å². The molecule has 2 unspecified atom stereocenters. The quantitative estimate of drug-likeness (QED) is 0.321. The van der Waals surface area contributed by atoms with E-state index in [1.807, 2.05) is 0 Å². The molecule has 0 bridgehead atoms. The molecule has 1 nitrogen and oxygen atoms in total. The largest absolute Gasteiger partial charge is 0.314 e. The van der Waals surface area contributed by atoms with E-state index in [-0.39, 0.29) is 0 Å². The van der Waals surface area contributed by atoms with Gasteiger partial charge in [-0.2, -0.15) is 0 Å². The van der Waals surface area contributed by atoms with Crippen molar-refractivity contribution in [3.05, 3.63) is 0 Å². The van der Waals surface area contributed by atoms with E-state index in [9.17, 15) is 0 Å². The lowest BCUT2D eigenvalue weighted by molar-refractivity contribution is 0.354. The third-order valence-corrected chi connectivity index (χ3v) is 5.30. The molecule has 0 amide bonds. The summed E-state index contributed by atoms with van der Waals surface area (Å²) in [6.45, 7) is 6.00. The normalized spacial score (nSPS) is 23.1. The van der Waals surface area contributed by atoms with Crippen LogP contribution >= 0.6 is 0 Å². The molecule has 0 aromatic carbocycles. The van der Waals surface area contributed by atoms with Crippen LogP contribution in [0.4, 0.5) is 0 Å². The van der Waals surface area contributed by atoms with Gasteiger partial charge in [0.15, 0.2) is 0 Å². The molecular weight excluding hydrogens is 254 g/mol. The highest BCUT2D eigenvalue weighted by Crippen LogP contribution is 2.22. The fourth-order valence-corrected chi connectivity index (χ4v) is 3.70. The molecule has 1 saturated carbocycles. The summed E-state index contributed by atoms with van der Waals surface area (Å²) in [5.41, 5.74) is 0. The Kier molecular flexibility index (Phi) is 12.3. The summed E-state index contributed by atoms with van der Waals surface area (Å²) < 4.78 is 0. The van der Waals surface area contributed by atoms with E-state index >= 15 is 0 Å². The number of nitrogens with one attached hydrogen (secondary N) is 1. The Morgan fingerprint density at radius 1 is 0.714 bits per heavy atom. The Hall–Kier alpha value is -0.0400. The molecule has 0 saturated heterocycles. The highest BCUT2D eigenvalue weighted by molar-refractivity contribution is 4.76. The minimum atomic E-state index is 0.811. The molecule has 126 valence electrons. The maximum absolute atomic E-state index is 3.84. The predicted octanol–water partition coefficient (Wildman–Crippen LogP) is 6.47. The highest BCUT2D eigenvalue weighted by Gasteiger charge is 2.18. The van der Waals surface area contributed by atoms with Gasteiger partial charge in [0.2, 0.25) is 0 Å². The molecule has 0 radical (unpaired) electrons. The van der Waals surface area contributed by atoms with Crippen molar-refractivity contribution in [2.45, 2.75) is 116 Å². The number of rotatable bonds is 12. The lowest BCUT2D eigenvalue weighted by Crippen LogP contribution is -2.34. The van der Waals surface area contributed by atoms with Gasteiger partial charge in [-0.05, 0) is 31.7 Å². The summed E-state index contributed by atoms with van der Waals surface area (Å²) >= 11 is 0. The summed E-state index contributed by atoms with van der Waals surface area (Å²) in [7, 11) is 0. The molecule has 1 aliphatic carbocycles. The van der Waals surface area contributed by atoms with Crippen LogP contribution in [0.5, 0.6) is 0 Å². The molecule has 1 aliphatic rings. The minimum Gasteiger partial charge on any atom is -0.314 e. The Balaban J connectivity index is 1.83. The third kappa shape index (κ3) is 10.3. The van der Waals surface area contributed by atoms with Crippen molar-refractivity contribution in [3.63, 3.8) is 0 Å². The van der Waals surface area contributed by atoms with Crippen molar-refractivity contribution >= 4 is 0 Å². The zero-order chi connectivity index (χ0) is 15.2. The van der Waals surface area contributed by atoms with Gasteiger partial charge in [0.25, 0.3) is 0 Å². The zero-order valence-electron chi connectivity index (χ0n) is 15.0. The van der Waals surface area contributed by atoms with Crippen LogP contribution in [0, 0.1) is 5.92 Å². The van der Waals surface area contributed by atoms with E-state index in [4.69, 9.17) is 0 Å². The minimum absolute atomic E-state index is 0.811. The second kappa shape index (κ2) is 13.6. The van der Waals surface area contributed by atoms with Gasteiger partial charge >= 0.3 is 0 Å². The van der Waals surface area contributed by atoms with Gasteiger partial charge < -0.3 is 5.32 Å². The van der Waals surface area contributed by atoms with Crippen molar-refractivity contribution < 1.29 is 0 Å². The average molecular weight is 296 g/mol. The predicted molar refractivity (Wildman–Crippen MR) is 95.9 cm³/mol. The summed E-state index contributed by atoms with van der Waals surface area (Å²) in [6, 6.07) is 0.811. The maximum atomic E-state index is 3.84. The molecule has 0 aromatic rings. The molecule has 0 aromatic heterocycles. The molecule has 21 heavy (non-hydrogen) atoms. The van der Waals surface area contributed by atoms with Gasteiger partial charge in [-0.25, -0.2) is 0 Å². The van der Waals surface area contributed by atoms with E-state index in [2.05, 4.69) is 19.2 Å². The van der Waals surface area contributed by atoms with Crippen molar-refractivity contribution in [3.8, 4) is 0 Å². The smallest absolute Gasteiger partial charge is 0.00926 e. The molecule has 1 N–H and O–H groups in total. The summed E-state index contributed by atoms with van der Waals surface area (Å²) in [5.74, 6) is 0.899. The molecular formula is C20H41N. The third-order valence-electron chi connectivity index (χ3n) is 5.30. The maximum Gasteiger partial charge on any atom is 0.00926 e. The van der Waals surface area contributed by atoms with E-state index in [0.29, 0.717) is 0 Å². The lowest BCUT2D eigenvalue weighted by Gasteiger charge is -2.22. The van der Waals surface area contributed by atoms with Crippen LogP contribution in [0.2, 0.25) is 0 Å². The van der Waals surface area contributed by atoms with E-state index in [1.165, 1.54) is 103 Å². The second-order valence-corrected chi connectivity index (χ2v) is 7.36. The van der Waals surface area contributed by atoms with Crippen molar-refractivity contribution in [1.29, 1.82) is 0 Å². The SMILES string of the molecule is CCCCCCCCCCCCNC1CCCCCC1C. The molecule has 1 heteroatoms. The first-order valence-corrected chi connectivity index (χ1v) is 10.1. The van der Waals surface area contributed by atoms with Crippen LogP contribution in [0.25, 0.3) is 0 Å². The Bertz CT molecular complexity index is 214. The van der Waals surface area contributed by atoms with Gasteiger partial charge in [-0.1, -0.05) is 90.9 Å². The number of hydrogen-bond donors (Lipinski definition) is 1. The fourth-order valence-electron chi connectivity index (χ4n) is 3.70. The molecule has 0 heterocycles. The van der Waals surface area contributed by atoms with Gasteiger partial charge in [-0.15, -0.1) is 0 Å². The van der Waals surface area contributed by atoms with Crippen LogP contribution in [0.15, 0.2) is 0 Å². The monoisotopic (exact) mass is 295 g/mol. The van der Waals surface area contributed by atoms with Crippen molar-refractivity contribution in [2.75, 3.05) is 6.54 Å². The summed E-state index contributed by atoms with van der Waals surface area (Å²) in [5, 5.41) is 3.84. The van der Waals surface area contributed by atoms with Crippen LogP contribution < -0.4 is 5.32 Å². The van der Waals surface area contributed by atoms with E-state index in [0.717, 1.165) is 12.0 Å². The number of hydrogen-bond acceptors (Lipinski definition) is 1. The van der Waals surface area contributed by atoms with Gasteiger partial charge in [-0.3, -0.25) is 0 Å². The summed E-state index contributed by atoms with van der Waals surface area (Å²) in [4.78, 5) is 0. The first-order chi connectivity index (χ1) is 10.3. The molecule has 1 fully saturated rings. The van der Waals surface area contributed by atoms with Crippen LogP contribution in [0.3, 0.4) is 0 Å². The fraction of sp³-hybridized carbons (Fsp3) is 1.00. The average Bonchev–Trinajstić information content (AvgIpc) is 2.69. The Morgan fingerprint density at radius 3 is 1.95 bits per heavy atom. The summed E-state index contributed by atoms with van der Waals surface area (Å²) in [6.07, 6.45) is 21.6. The van der Waals surface area contributed by atoms with Crippen LogP contribution in [-0.2, 0) is 0 Å². The standard InChI is InChI=1S/C20H41N/c1-3-4-5-6-7-8-9-10-11-15-18-21-20-17-14-12-13-16-19(20)2/h19-21H,3-18H2,1-2H3. The molecule has 1 rings (SSSR count). The van der Waals surface area contributed by atoms with Gasteiger partial charge in [0.05, 0.1) is 0 Å². The Labute approximate surface area is 134 Å². The Morgan fingerprint density at radius 2 is 1.29 bits per heavy atom. The van der Waals surface area contributed by atoms with Gasteiger partial charge in [0, 0.05) is 6.04 Å². The van der Waals surface area contributed by atoms with Crippen molar-refractivity contribution in [1.82, 2.24) is 5.32 Å². The lowest BCUT2D eigenvalue weighted by atomic mass is 9.97. The van der Waals surface area contributed by atoms with Crippen LogP contribution in [0.1, 0.15) is 110 Å². The topological polar surface area (TPSA) is 12.0 Å². The molecule has 2 atom stereocenters. The first-order valence-electron chi connectivity index (χ1n) is 10.1. The van der Waals surface area contributed by atoms with Crippen LogP contribution in [-0.4, -0.2) is 12.6 Å². The molecule has 0 aliphatic heterocycles. The highest BCUT2D eigenvalue weighted by atomic mass is 14.9. The van der Waals surface area contributed by atoms with Crippen molar-refractivity contribution in [2.24, 2.45) is 5.92 Å². The zero-order valence-corrected chi connectivity index (χ0v) is 15.0. The second-order valence-electron chi connectivity index (χ2n) is 7.36. The first kappa shape index (κ1) is 19.0.